The number of hydrogen-bond donors (Lipinski definition) is 0. The fourth-order valence-electron chi connectivity index (χ4n) is 2.19. The number of aryl methyl sites for hydroxylation is 1. The summed E-state index contributed by atoms with van der Waals surface area (Å²) < 4.78 is 7.32. The van der Waals surface area contributed by atoms with E-state index in [2.05, 4.69) is 9.97 Å². The first-order valence-electron chi connectivity index (χ1n) is 6.88. The summed E-state index contributed by atoms with van der Waals surface area (Å²) in [6.45, 7) is 1.79. The maximum Gasteiger partial charge on any atom is 0.288 e. The first-order chi connectivity index (χ1) is 11.2. The van der Waals surface area contributed by atoms with E-state index in [1.54, 1.807) is 13.0 Å². The van der Waals surface area contributed by atoms with Crippen LogP contribution >= 0.6 is 23.1 Å². The lowest BCUT2D eigenvalue weighted by Gasteiger charge is -1.97. The molecule has 0 N–H and O–H groups in total. The highest BCUT2D eigenvalue weighted by atomic mass is 32.2. The third-order valence-electron chi connectivity index (χ3n) is 3.19. The number of aromatic nitrogens is 3. The van der Waals surface area contributed by atoms with Gasteiger partial charge in [-0.1, -0.05) is 30.3 Å². The Bertz CT molecular complexity index is 1030. The van der Waals surface area contributed by atoms with E-state index in [4.69, 9.17) is 4.52 Å². The van der Waals surface area contributed by atoms with Crippen molar-refractivity contribution in [2.75, 3.05) is 0 Å². The van der Waals surface area contributed by atoms with Gasteiger partial charge in [-0.15, -0.1) is 15.9 Å². The summed E-state index contributed by atoms with van der Waals surface area (Å²) in [4.78, 5) is 21.1. The summed E-state index contributed by atoms with van der Waals surface area (Å²) >= 11 is 2.92. The monoisotopic (exact) mass is 341 g/mol. The molecule has 0 aliphatic rings. The van der Waals surface area contributed by atoms with Gasteiger partial charge < -0.3 is 4.52 Å². The van der Waals surface area contributed by atoms with E-state index < -0.39 is 0 Å². The number of fused-ring (bicyclic) bond motifs is 1. The molecule has 0 amide bonds. The lowest BCUT2D eigenvalue weighted by Crippen LogP contribution is -2.11. The molecular formula is C16H11N3O2S2. The predicted octanol–water partition coefficient (Wildman–Crippen LogP) is 3.87. The predicted molar refractivity (Wildman–Crippen MR) is 90.1 cm³/mol. The second kappa shape index (κ2) is 5.68. The maximum absolute atomic E-state index is 12.0. The molecule has 0 radical (unpaired) electrons. The molecule has 23 heavy (non-hydrogen) atoms. The Hall–Kier alpha value is -2.38. The van der Waals surface area contributed by atoms with Gasteiger partial charge >= 0.3 is 0 Å². The lowest BCUT2D eigenvalue weighted by molar-refractivity contribution is 0.344. The lowest BCUT2D eigenvalue weighted by atomic mass is 10.2. The Morgan fingerprint density at radius 3 is 2.83 bits per heavy atom. The first kappa shape index (κ1) is 14.2. The Morgan fingerprint density at radius 2 is 2.00 bits per heavy atom. The molecule has 0 bridgehead atoms. The minimum absolute atomic E-state index is 0.231. The van der Waals surface area contributed by atoms with Crippen molar-refractivity contribution < 1.29 is 4.52 Å². The minimum atomic E-state index is -0.231. The highest BCUT2D eigenvalue weighted by Gasteiger charge is 2.10. The number of nitrogens with zero attached hydrogens (tertiary/aromatic N) is 3. The summed E-state index contributed by atoms with van der Waals surface area (Å²) in [6.07, 6.45) is 0. The van der Waals surface area contributed by atoms with E-state index in [1.165, 1.54) is 33.7 Å². The van der Waals surface area contributed by atoms with Crippen molar-refractivity contribution in [3.8, 4) is 11.3 Å². The van der Waals surface area contributed by atoms with Crippen LogP contribution in [0.1, 0.15) is 5.76 Å². The van der Waals surface area contributed by atoms with Gasteiger partial charge in [0.1, 0.15) is 10.8 Å². The van der Waals surface area contributed by atoms with Gasteiger partial charge in [-0.3, -0.25) is 4.79 Å². The van der Waals surface area contributed by atoms with Gasteiger partial charge in [-0.25, -0.2) is 9.97 Å². The topological polar surface area (TPSA) is 60.4 Å². The fraction of sp³-hybridized carbons (Fsp3) is 0.0625. The molecule has 3 aromatic heterocycles. The average molecular weight is 341 g/mol. The molecule has 0 spiro atoms. The second-order valence-corrected chi connectivity index (χ2v) is 7.02. The van der Waals surface area contributed by atoms with Crippen LogP contribution in [0.5, 0.6) is 0 Å². The van der Waals surface area contributed by atoms with Gasteiger partial charge in [0.2, 0.25) is 0 Å². The van der Waals surface area contributed by atoms with E-state index in [-0.39, 0.29) is 5.56 Å². The molecule has 0 saturated carbocycles. The SMILES string of the molecule is Cc1cc2nc(Sc3nc(-c4ccccc4)cs3)cc(=O)n2o1. The van der Waals surface area contributed by atoms with Gasteiger partial charge in [0.05, 0.1) is 5.69 Å². The smallest absolute Gasteiger partial charge is 0.288 e. The highest BCUT2D eigenvalue weighted by Crippen LogP contribution is 2.32. The summed E-state index contributed by atoms with van der Waals surface area (Å²) in [5.74, 6) is 0.650. The Morgan fingerprint density at radius 1 is 1.17 bits per heavy atom. The van der Waals surface area contributed by atoms with Crippen molar-refractivity contribution in [1.29, 1.82) is 0 Å². The van der Waals surface area contributed by atoms with Crippen molar-refractivity contribution >= 4 is 28.7 Å². The second-order valence-electron chi connectivity index (χ2n) is 4.90. The van der Waals surface area contributed by atoms with Crippen LogP contribution in [0.15, 0.2) is 66.5 Å². The average Bonchev–Trinajstić information content (AvgIpc) is 3.15. The van der Waals surface area contributed by atoms with Crippen LogP contribution in [0.25, 0.3) is 16.9 Å². The van der Waals surface area contributed by atoms with E-state index in [9.17, 15) is 4.79 Å². The van der Waals surface area contributed by atoms with Crippen molar-refractivity contribution in [3.63, 3.8) is 0 Å². The largest absolute Gasteiger partial charge is 0.375 e. The molecule has 7 heteroatoms. The molecule has 1 aromatic carbocycles. The Balaban J connectivity index is 1.66. The van der Waals surface area contributed by atoms with Crippen LogP contribution in [0, 0.1) is 6.92 Å². The number of thiazole rings is 1. The summed E-state index contributed by atoms with van der Waals surface area (Å²) in [7, 11) is 0. The fourth-order valence-corrected chi connectivity index (χ4v) is 3.96. The van der Waals surface area contributed by atoms with Crippen molar-refractivity contribution in [2.45, 2.75) is 16.3 Å². The third-order valence-corrected chi connectivity index (χ3v) is 5.05. The van der Waals surface area contributed by atoms with E-state index in [1.807, 2.05) is 35.7 Å². The molecule has 0 unspecified atom stereocenters. The van der Waals surface area contributed by atoms with Crippen LogP contribution in [-0.2, 0) is 0 Å². The minimum Gasteiger partial charge on any atom is -0.375 e. The van der Waals surface area contributed by atoms with Crippen molar-refractivity contribution in [3.05, 3.63) is 64.0 Å². The summed E-state index contributed by atoms with van der Waals surface area (Å²) in [5.41, 5.74) is 2.28. The molecule has 3 heterocycles. The number of rotatable bonds is 3. The van der Waals surface area contributed by atoms with Gasteiger partial charge in [-0.2, -0.15) is 0 Å². The molecule has 0 saturated heterocycles. The molecule has 0 aliphatic carbocycles. The highest BCUT2D eigenvalue weighted by molar-refractivity contribution is 8.01. The van der Waals surface area contributed by atoms with Crippen LogP contribution < -0.4 is 5.56 Å². The van der Waals surface area contributed by atoms with Crippen LogP contribution in [-0.4, -0.2) is 14.5 Å². The van der Waals surface area contributed by atoms with E-state index >= 15 is 0 Å². The van der Waals surface area contributed by atoms with Gasteiger partial charge in [-0.05, 0) is 18.7 Å². The Kier molecular flexibility index (Phi) is 3.51. The maximum atomic E-state index is 12.0. The molecule has 0 atom stereocenters. The molecule has 114 valence electrons. The molecule has 4 rings (SSSR count). The van der Waals surface area contributed by atoms with E-state index in [0.717, 1.165) is 15.6 Å². The van der Waals surface area contributed by atoms with Gasteiger partial charge in [0, 0.05) is 23.1 Å². The summed E-state index contributed by atoms with van der Waals surface area (Å²) in [5, 5.41) is 2.62. The number of benzene rings is 1. The zero-order chi connectivity index (χ0) is 15.8. The van der Waals surface area contributed by atoms with Gasteiger partial charge in [0.25, 0.3) is 5.56 Å². The first-order valence-corrected chi connectivity index (χ1v) is 8.58. The third kappa shape index (κ3) is 2.80. The molecular weight excluding hydrogens is 330 g/mol. The summed E-state index contributed by atoms with van der Waals surface area (Å²) in [6, 6.07) is 13.2. The van der Waals surface area contributed by atoms with Crippen LogP contribution in [0.3, 0.4) is 0 Å². The zero-order valence-corrected chi connectivity index (χ0v) is 13.7. The normalized spacial score (nSPS) is 11.2. The van der Waals surface area contributed by atoms with Crippen molar-refractivity contribution in [1.82, 2.24) is 14.5 Å². The molecule has 0 fully saturated rings. The molecule has 0 aliphatic heterocycles. The Labute approximate surface area is 139 Å². The van der Waals surface area contributed by atoms with Gasteiger partial charge in [0.15, 0.2) is 9.99 Å². The van der Waals surface area contributed by atoms with Crippen LogP contribution in [0.2, 0.25) is 0 Å². The van der Waals surface area contributed by atoms with Crippen LogP contribution in [0.4, 0.5) is 0 Å². The molecule has 5 nitrogen and oxygen atoms in total. The standard InChI is InChI=1S/C16H11N3O2S2/c1-10-7-13-18-14(8-15(20)19(13)21-10)23-16-17-12(9-22-16)11-5-3-2-4-6-11/h2-9H,1H3. The number of hydrogen-bond acceptors (Lipinski definition) is 6. The molecule has 4 aromatic rings. The van der Waals surface area contributed by atoms with E-state index in [0.29, 0.717) is 16.4 Å². The van der Waals surface area contributed by atoms with Crippen molar-refractivity contribution in [2.24, 2.45) is 0 Å². The zero-order valence-electron chi connectivity index (χ0n) is 12.1. The quantitative estimate of drug-likeness (QED) is 0.529.